The van der Waals surface area contributed by atoms with Crippen LogP contribution in [0.15, 0.2) is 54.6 Å². The fourth-order valence-corrected chi connectivity index (χ4v) is 1.59. The molecule has 0 heterocycles. The molecule has 0 radical (unpaired) electrons. The summed E-state index contributed by atoms with van der Waals surface area (Å²) in [5, 5.41) is 8.91. The predicted molar refractivity (Wildman–Crippen MR) is 69.0 cm³/mol. The molecular formula is C15H14O3. The van der Waals surface area contributed by atoms with Crippen LogP contribution in [0, 0.1) is 0 Å². The first-order chi connectivity index (χ1) is 8.66. The van der Waals surface area contributed by atoms with Crippen LogP contribution in [0.5, 0.6) is 11.5 Å². The first-order valence-corrected chi connectivity index (χ1v) is 5.72. The van der Waals surface area contributed by atoms with Gasteiger partial charge in [0.25, 0.3) is 0 Å². The molecule has 1 atom stereocenters. The summed E-state index contributed by atoms with van der Waals surface area (Å²) in [4.78, 5) is 10.8. The molecule has 2 aromatic rings. The Bertz CT molecular complexity index is 517. The number of hydrogen-bond donors (Lipinski definition) is 1. The summed E-state index contributed by atoms with van der Waals surface area (Å²) in [6.07, 6.45) is 0. The van der Waals surface area contributed by atoms with Gasteiger partial charge in [-0.3, -0.25) is 4.79 Å². The maximum absolute atomic E-state index is 10.8. The molecule has 0 aliphatic rings. The molecule has 1 N–H and O–H groups in total. The minimum Gasteiger partial charge on any atom is -0.481 e. The first-order valence-electron chi connectivity index (χ1n) is 5.72. The Hall–Kier alpha value is -2.29. The van der Waals surface area contributed by atoms with Crippen LogP contribution in [0.3, 0.4) is 0 Å². The monoisotopic (exact) mass is 242 g/mol. The zero-order chi connectivity index (χ0) is 13.0. The average molecular weight is 242 g/mol. The van der Waals surface area contributed by atoms with Crippen molar-refractivity contribution in [2.75, 3.05) is 0 Å². The SMILES string of the molecule is CC(C(=O)O)c1ccc(Oc2ccccc2)cc1. The van der Waals surface area contributed by atoms with Crippen LogP contribution in [-0.4, -0.2) is 11.1 Å². The lowest BCUT2D eigenvalue weighted by Crippen LogP contribution is -2.06. The van der Waals surface area contributed by atoms with Gasteiger partial charge in [0.15, 0.2) is 0 Å². The number of hydrogen-bond acceptors (Lipinski definition) is 2. The lowest BCUT2D eigenvalue weighted by atomic mass is 10.0. The van der Waals surface area contributed by atoms with Gasteiger partial charge in [-0.2, -0.15) is 0 Å². The van der Waals surface area contributed by atoms with Gasteiger partial charge in [-0.1, -0.05) is 30.3 Å². The molecule has 3 nitrogen and oxygen atoms in total. The summed E-state index contributed by atoms with van der Waals surface area (Å²) < 4.78 is 5.63. The molecule has 92 valence electrons. The van der Waals surface area contributed by atoms with Gasteiger partial charge in [0.1, 0.15) is 11.5 Å². The fourth-order valence-electron chi connectivity index (χ4n) is 1.59. The number of carboxylic acid groups (broad SMARTS) is 1. The van der Waals surface area contributed by atoms with Gasteiger partial charge < -0.3 is 9.84 Å². The molecule has 2 rings (SSSR count). The molecule has 18 heavy (non-hydrogen) atoms. The standard InChI is InChI=1S/C15H14O3/c1-11(15(16)17)12-7-9-14(10-8-12)18-13-5-3-2-4-6-13/h2-11H,1H3,(H,16,17). The summed E-state index contributed by atoms with van der Waals surface area (Å²) in [5.74, 6) is 0.126. The van der Waals surface area contributed by atoms with E-state index in [1.54, 1.807) is 31.2 Å². The highest BCUT2D eigenvalue weighted by molar-refractivity contribution is 5.75. The van der Waals surface area contributed by atoms with E-state index in [2.05, 4.69) is 0 Å². The van der Waals surface area contributed by atoms with Gasteiger partial charge in [-0.15, -0.1) is 0 Å². The summed E-state index contributed by atoms with van der Waals surface area (Å²) in [7, 11) is 0. The summed E-state index contributed by atoms with van der Waals surface area (Å²) in [6, 6.07) is 16.6. The van der Waals surface area contributed by atoms with Crippen molar-refractivity contribution in [1.82, 2.24) is 0 Å². The molecule has 2 aromatic carbocycles. The quantitative estimate of drug-likeness (QED) is 0.889. The van der Waals surface area contributed by atoms with E-state index in [4.69, 9.17) is 9.84 Å². The second kappa shape index (κ2) is 5.36. The van der Waals surface area contributed by atoms with E-state index in [-0.39, 0.29) is 0 Å². The third-order valence-corrected chi connectivity index (χ3v) is 2.73. The molecule has 0 saturated heterocycles. The molecule has 3 heteroatoms. The van der Waals surface area contributed by atoms with E-state index in [0.717, 1.165) is 11.3 Å². The number of aliphatic carboxylic acids is 1. The Labute approximate surface area is 106 Å². The van der Waals surface area contributed by atoms with Crippen LogP contribution >= 0.6 is 0 Å². The number of rotatable bonds is 4. The molecule has 0 aromatic heterocycles. The summed E-state index contributed by atoms with van der Waals surface area (Å²) in [5.41, 5.74) is 0.767. The molecular weight excluding hydrogens is 228 g/mol. The molecule has 0 amide bonds. The number of benzene rings is 2. The Morgan fingerprint density at radius 2 is 1.56 bits per heavy atom. The van der Waals surface area contributed by atoms with Crippen LogP contribution in [0.2, 0.25) is 0 Å². The predicted octanol–water partition coefficient (Wildman–Crippen LogP) is 3.67. The van der Waals surface area contributed by atoms with Crippen molar-refractivity contribution >= 4 is 5.97 Å². The number of para-hydroxylation sites is 1. The van der Waals surface area contributed by atoms with Gasteiger partial charge in [0, 0.05) is 0 Å². The number of ether oxygens (including phenoxy) is 1. The smallest absolute Gasteiger partial charge is 0.310 e. The number of carboxylic acids is 1. The molecule has 0 saturated carbocycles. The van der Waals surface area contributed by atoms with E-state index >= 15 is 0 Å². The van der Waals surface area contributed by atoms with Crippen molar-refractivity contribution < 1.29 is 14.6 Å². The summed E-state index contributed by atoms with van der Waals surface area (Å²) >= 11 is 0. The second-order valence-corrected chi connectivity index (χ2v) is 4.04. The van der Waals surface area contributed by atoms with Gasteiger partial charge in [-0.05, 0) is 36.8 Å². The Balaban J connectivity index is 2.11. The van der Waals surface area contributed by atoms with Crippen LogP contribution in [0.4, 0.5) is 0 Å². The molecule has 0 aliphatic carbocycles. The average Bonchev–Trinajstić information content (AvgIpc) is 2.40. The van der Waals surface area contributed by atoms with Crippen molar-refractivity contribution in [1.29, 1.82) is 0 Å². The second-order valence-electron chi connectivity index (χ2n) is 4.04. The highest BCUT2D eigenvalue weighted by atomic mass is 16.5. The van der Waals surface area contributed by atoms with Crippen LogP contribution in [0.25, 0.3) is 0 Å². The first kappa shape index (κ1) is 12.2. The van der Waals surface area contributed by atoms with Gasteiger partial charge in [-0.25, -0.2) is 0 Å². The fraction of sp³-hybridized carbons (Fsp3) is 0.133. The van der Waals surface area contributed by atoms with Crippen LogP contribution < -0.4 is 4.74 Å². The molecule has 0 spiro atoms. The largest absolute Gasteiger partial charge is 0.481 e. The van der Waals surface area contributed by atoms with E-state index in [1.807, 2.05) is 30.3 Å². The van der Waals surface area contributed by atoms with Crippen LogP contribution in [0.1, 0.15) is 18.4 Å². The lowest BCUT2D eigenvalue weighted by Gasteiger charge is -2.09. The van der Waals surface area contributed by atoms with Gasteiger partial charge in [0.2, 0.25) is 0 Å². The third-order valence-electron chi connectivity index (χ3n) is 2.73. The van der Waals surface area contributed by atoms with Crippen LogP contribution in [-0.2, 0) is 4.79 Å². The summed E-state index contributed by atoms with van der Waals surface area (Å²) in [6.45, 7) is 1.66. The number of carbonyl (C=O) groups is 1. The Morgan fingerprint density at radius 3 is 2.11 bits per heavy atom. The zero-order valence-electron chi connectivity index (χ0n) is 10.0. The van der Waals surface area contributed by atoms with E-state index < -0.39 is 11.9 Å². The molecule has 0 aliphatic heterocycles. The minimum absolute atomic E-state index is 0.504. The van der Waals surface area contributed by atoms with Gasteiger partial charge >= 0.3 is 5.97 Å². The van der Waals surface area contributed by atoms with Crippen molar-refractivity contribution in [3.05, 3.63) is 60.2 Å². The Morgan fingerprint density at radius 1 is 1.00 bits per heavy atom. The van der Waals surface area contributed by atoms with Crippen molar-refractivity contribution in [2.45, 2.75) is 12.8 Å². The van der Waals surface area contributed by atoms with Crippen molar-refractivity contribution in [2.24, 2.45) is 0 Å². The van der Waals surface area contributed by atoms with Gasteiger partial charge in [0.05, 0.1) is 5.92 Å². The zero-order valence-corrected chi connectivity index (χ0v) is 10.0. The maximum Gasteiger partial charge on any atom is 0.310 e. The molecule has 0 bridgehead atoms. The third kappa shape index (κ3) is 2.88. The topological polar surface area (TPSA) is 46.5 Å². The van der Waals surface area contributed by atoms with Crippen molar-refractivity contribution in [3.8, 4) is 11.5 Å². The Kier molecular flexibility index (Phi) is 3.63. The maximum atomic E-state index is 10.8. The molecule has 1 unspecified atom stereocenters. The van der Waals surface area contributed by atoms with E-state index in [1.165, 1.54) is 0 Å². The normalized spacial score (nSPS) is 11.8. The van der Waals surface area contributed by atoms with E-state index in [0.29, 0.717) is 5.75 Å². The minimum atomic E-state index is -0.827. The van der Waals surface area contributed by atoms with Crippen molar-refractivity contribution in [3.63, 3.8) is 0 Å². The molecule has 0 fully saturated rings. The lowest BCUT2D eigenvalue weighted by molar-refractivity contribution is -0.138. The highest BCUT2D eigenvalue weighted by Gasteiger charge is 2.13. The van der Waals surface area contributed by atoms with E-state index in [9.17, 15) is 4.79 Å². The highest BCUT2D eigenvalue weighted by Crippen LogP contribution is 2.23.